The zero-order chi connectivity index (χ0) is 9.68. The lowest BCUT2D eigenvalue weighted by atomic mass is 9.97. The van der Waals surface area contributed by atoms with Crippen LogP contribution in [-0.4, -0.2) is 11.1 Å². The van der Waals surface area contributed by atoms with Crippen molar-refractivity contribution in [2.45, 2.75) is 32.1 Å². The molecule has 0 aliphatic heterocycles. The summed E-state index contributed by atoms with van der Waals surface area (Å²) in [5.41, 5.74) is 0. The molecule has 0 saturated carbocycles. The number of hydrogen-bond donors (Lipinski definition) is 1. The summed E-state index contributed by atoms with van der Waals surface area (Å²) >= 11 is 0. The van der Waals surface area contributed by atoms with E-state index in [4.69, 9.17) is 9.52 Å². The van der Waals surface area contributed by atoms with Gasteiger partial charge in [-0.3, -0.25) is 4.79 Å². The number of furan rings is 1. The summed E-state index contributed by atoms with van der Waals surface area (Å²) in [6, 6.07) is 3.63. The predicted octanol–water partition coefficient (Wildman–Crippen LogP) is 2.64. The van der Waals surface area contributed by atoms with Crippen molar-refractivity contribution in [2.75, 3.05) is 0 Å². The Morgan fingerprint density at radius 1 is 1.69 bits per heavy atom. The van der Waals surface area contributed by atoms with Crippen LogP contribution in [0.4, 0.5) is 0 Å². The molecule has 1 heterocycles. The molecule has 1 aromatic heterocycles. The van der Waals surface area contributed by atoms with Crippen LogP contribution in [-0.2, 0) is 4.79 Å². The van der Waals surface area contributed by atoms with Crippen molar-refractivity contribution in [1.29, 1.82) is 0 Å². The van der Waals surface area contributed by atoms with E-state index in [0.29, 0.717) is 0 Å². The maximum atomic E-state index is 10.5. The van der Waals surface area contributed by atoms with E-state index in [9.17, 15) is 4.79 Å². The van der Waals surface area contributed by atoms with Gasteiger partial charge in [0.1, 0.15) is 5.76 Å². The van der Waals surface area contributed by atoms with Gasteiger partial charge in [0.05, 0.1) is 12.7 Å². The Hall–Kier alpha value is -1.25. The second-order valence-corrected chi connectivity index (χ2v) is 3.10. The molecule has 1 N–H and O–H groups in total. The van der Waals surface area contributed by atoms with E-state index in [-0.39, 0.29) is 12.3 Å². The van der Waals surface area contributed by atoms with Crippen LogP contribution in [0, 0.1) is 0 Å². The highest BCUT2D eigenvalue weighted by Gasteiger charge is 2.16. The molecule has 1 atom stereocenters. The van der Waals surface area contributed by atoms with Crippen LogP contribution in [0.2, 0.25) is 0 Å². The minimum atomic E-state index is -0.769. The molecule has 0 fully saturated rings. The van der Waals surface area contributed by atoms with Gasteiger partial charge in [0, 0.05) is 5.92 Å². The summed E-state index contributed by atoms with van der Waals surface area (Å²) in [6.07, 6.45) is 3.57. The SMILES string of the molecule is CCCC(CC(=O)O)c1ccco1. The molecule has 0 radical (unpaired) electrons. The highest BCUT2D eigenvalue weighted by Crippen LogP contribution is 2.24. The molecular formula is C10H14O3. The average molecular weight is 182 g/mol. The molecule has 0 aliphatic carbocycles. The molecule has 1 unspecified atom stereocenters. The van der Waals surface area contributed by atoms with Crippen molar-refractivity contribution in [3.05, 3.63) is 24.2 Å². The highest BCUT2D eigenvalue weighted by atomic mass is 16.4. The fourth-order valence-electron chi connectivity index (χ4n) is 1.43. The maximum Gasteiger partial charge on any atom is 0.304 e. The molecule has 0 bridgehead atoms. The zero-order valence-corrected chi connectivity index (χ0v) is 7.69. The third-order valence-electron chi connectivity index (χ3n) is 2.00. The maximum absolute atomic E-state index is 10.5. The Balaban J connectivity index is 2.62. The quantitative estimate of drug-likeness (QED) is 0.761. The van der Waals surface area contributed by atoms with E-state index in [1.165, 1.54) is 0 Å². The van der Waals surface area contributed by atoms with Gasteiger partial charge in [0.15, 0.2) is 0 Å². The number of hydrogen-bond acceptors (Lipinski definition) is 2. The Morgan fingerprint density at radius 2 is 2.46 bits per heavy atom. The van der Waals surface area contributed by atoms with Gasteiger partial charge in [-0.2, -0.15) is 0 Å². The number of carboxylic acid groups (broad SMARTS) is 1. The fraction of sp³-hybridized carbons (Fsp3) is 0.500. The molecule has 13 heavy (non-hydrogen) atoms. The van der Waals surface area contributed by atoms with Gasteiger partial charge >= 0.3 is 5.97 Å². The Bertz CT molecular complexity index is 251. The minimum absolute atomic E-state index is 0.0255. The van der Waals surface area contributed by atoms with E-state index < -0.39 is 5.97 Å². The Labute approximate surface area is 77.4 Å². The second kappa shape index (κ2) is 4.70. The summed E-state index contributed by atoms with van der Waals surface area (Å²) in [6.45, 7) is 2.04. The van der Waals surface area contributed by atoms with E-state index in [0.717, 1.165) is 18.6 Å². The van der Waals surface area contributed by atoms with E-state index in [2.05, 4.69) is 0 Å². The van der Waals surface area contributed by atoms with Crippen LogP contribution in [0.25, 0.3) is 0 Å². The number of carboxylic acids is 1. The highest BCUT2D eigenvalue weighted by molar-refractivity contribution is 5.67. The van der Waals surface area contributed by atoms with E-state index in [1.54, 1.807) is 12.3 Å². The van der Waals surface area contributed by atoms with Gasteiger partial charge in [0.25, 0.3) is 0 Å². The van der Waals surface area contributed by atoms with Crippen LogP contribution in [0.5, 0.6) is 0 Å². The third kappa shape index (κ3) is 2.93. The van der Waals surface area contributed by atoms with Crippen LogP contribution >= 0.6 is 0 Å². The lowest BCUT2D eigenvalue weighted by molar-refractivity contribution is -0.137. The normalized spacial score (nSPS) is 12.7. The first-order valence-corrected chi connectivity index (χ1v) is 4.49. The Kier molecular flexibility index (Phi) is 3.55. The second-order valence-electron chi connectivity index (χ2n) is 3.10. The summed E-state index contributed by atoms with van der Waals surface area (Å²) < 4.78 is 5.19. The Morgan fingerprint density at radius 3 is 2.92 bits per heavy atom. The number of aliphatic carboxylic acids is 1. The van der Waals surface area contributed by atoms with Crippen molar-refractivity contribution >= 4 is 5.97 Å². The molecule has 3 heteroatoms. The van der Waals surface area contributed by atoms with Crippen molar-refractivity contribution in [3.8, 4) is 0 Å². The monoisotopic (exact) mass is 182 g/mol. The first-order chi connectivity index (χ1) is 6.24. The van der Waals surface area contributed by atoms with Gasteiger partial charge in [-0.15, -0.1) is 0 Å². The zero-order valence-electron chi connectivity index (χ0n) is 7.69. The van der Waals surface area contributed by atoms with Crippen LogP contribution in [0.3, 0.4) is 0 Å². The molecule has 0 spiro atoms. The summed E-state index contributed by atoms with van der Waals surface area (Å²) in [4.78, 5) is 10.5. The average Bonchev–Trinajstić information content (AvgIpc) is 2.54. The lowest BCUT2D eigenvalue weighted by Gasteiger charge is -2.09. The minimum Gasteiger partial charge on any atom is -0.481 e. The molecule has 1 rings (SSSR count). The predicted molar refractivity (Wildman–Crippen MR) is 48.6 cm³/mol. The van der Waals surface area contributed by atoms with Crippen LogP contribution < -0.4 is 0 Å². The van der Waals surface area contributed by atoms with E-state index >= 15 is 0 Å². The van der Waals surface area contributed by atoms with Gasteiger partial charge in [-0.25, -0.2) is 0 Å². The molecule has 3 nitrogen and oxygen atoms in total. The van der Waals surface area contributed by atoms with Gasteiger partial charge < -0.3 is 9.52 Å². The summed E-state index contributed by atoms with van der Waals surface area (Å²) in [5.74, 6) is 0.0385. The lowest BCUT2D eigenvalue weighted by Crippen LogP contribution is -2.05. The number of rotatable bonds is 5. The first-order valence-electron chi connectivity index (χ1n) is 4.49. The topological polar surface area (TPSA) is 50.4 Å². The molecule has 0 aromatic carbocycles. The number of carbonyl (C=O) groups is 1. The standard InChI is InChI=1S/C10H14O3/c1-2-4-8(7-10(11)12)9-5-3-6-13-9/h3,5-6,8H,2,4,7H2,1H3,(H,11,12). The molecule has 0 amide bonds. The molecule has 72 valence electrons. The molecular weight excluding hydrogens is 168 g/mol. The van der Waals surface area contributed by atoms with Gasteiger partial charge in [-0.1, -0.05) is 13.3 Å². The van der Waals surface area contributed by atoms with Crippen molar-refractivity contribution in [3.63, 3.8) is 0 Å². The van der Waals surface area contributed by atoms with Crippen molar-refractivity contribution in [2.24, 2.45) is 0 Å². The van der Waals surface area contributed by atoms with Crippen molar-refractivity contribution in [1.82, 2.24) is 0 Å². The van der Waals surface area contributed by atoms with Crippen LogP contribution in [0.15, 0.2) is 22.8 Å². The van der Waals surface area contributed by atoms with Crippen molar-refractivity contribution < 1.29 is 14.3 Å². The van der Waals surface area contributed by atoms with Gasteiger partial charge in [0.2, 0.25) is 0 Å². The van der Waals surface area contributed by atoms with Gasteiger partial charge in [-0.05, 0) is 18.6 Å². The summed E-state index contributed by atoms with van der Waals surface area (Å²) in [5, 5.41) is 8.67. The molecule has 0 saturated heterocycles. The smallest absolute Gasteiger partial charge is 0.304 e. The summed E-state index contributed by atoms with van der Waals surface area (Å²) in [7, 11) is 0. The van der Waals surface area contributed by atoms with Crippen LogP contribution in [0.1, 0.15) is 37.9 Å². The largest absolute Gasteiger partial charge is 0.481 e. The molecule has 0 aliphatic rings. The first kappa shape index (κ1) is 9.84. The third-order valence-corrected chi connectivity index (χ3v) is 2.00. The molecule has 1 aromatic rings. The fourth-order valence-corrected chi connectivity index (χ4v) is 1.43. The van der Waals surface area contributed by atoms with E-state index in [1.807, 2.05) is 13.0 Å².